The summed E-state index contributed by atoms with van der Waals surface area (Å²) in [6.45, 7) is 1.38. The number of amides is 2. The predicted molar refractivity (Wildman–Crippen MR) is 169 cm³/mol. The molecule has 2 amide bonds. The van der Waals surface area contributed by atoms with E-state index in [2.05, 4.69) is 5.32 Å². The zero-order valence-corrected chi connectivity index (χ0v) is 26.4. The molecule has 1 saturated carbocycles. The number of benzene rings is 3. The maximum absolute atomic E-state index is 14.2. The highest BCUT2D eigenvalue weighted by Crippen LogP contribution is 2.28. The molecule has 0 bridgehead atoms. The van der Waals surface area contributed by atoms with Gasteiger partial charge in [0.2, 0.25) is 11.8 Å². The van der Waals surface area contributed by atoms with Gasteiger partial charge < -0.3 is 10.2 Å². The van der Waals surface area contributed by atoms with Gasteiger partial charge in [-0.15, -0.1) is 0 Å². The lowest BCUT2D eigenvalue weighted by Gasteiger charge is -2.34. The van der Waals surface area contributed by atoms with Crippen LogP contribution in [0.5, 0.6) is 0 Å². The minimum absolute atomic E-state index is 0.0361. The number of hydrogen-bond acceptors (Lipinski definition) is 4. The average molecular weight is 651 g/mol. The van der Waals surface area contributed by atoms with Crippen molar-refractivity contribution in [2.75, 3.05) is 10.8 Å². The van der Waals surface area contributed by atoms with Gasteiger partial charge in [0.25, 0.3) is 10.0 Å². The first-order valence-electron chi connectivity index (χ1n) is 14.0. The zero-order valence-electron chi connectivity index (χ0n) is 23.3. The van der Waals surface area contributed by atoms with Gasteiger partial charge in [0, 0.05) is 27.7 Å². The van der Waals surface area contributed by atoms with E-state index in [1.807, 2.05) is 6.92 Å². The summed E-state index contributed by atoms with van der Waals surface area (Å²) >= 11 is 18.3. The summed E-state index contributed by atoms with van der Waals surface area (Å²) in [7, 11) is -4.22. The van der Waals surface area contributed by atoms with Gasteiger partial charge in [-0.3, -0.25) is 13.9 Å². The number of carbonyl (C=O) groups is 2. The number of halogens is 3. The van der Waals surface area contributed by atoms with Gasteiger partial charge in [-0.25, -0.2) is 8.42 Å². The van der Waals surface area contributed by atoms with Crippen molar-refractivity contribution >= 4 is 62.3 Å². The molecule has 3 aromatic carbocycles. The molecule has 1 N–H and O–H groups in total. The molecule has 0 aromatic heterocycles. The number of hydrogen-bond donors (Lipinski definition) is 1. The third-order valence-corrected chi connectivity index (χ3v) is 9.91. The number of nitrogens with one attached hydrogen (secondary N) is 1. The molecular formula is C31H34Cl3N3O4S. The Morgan fingerprint density at radius 3 is 2.10 bits per heavy atom. The molecule has 0 heterocycles. The highest BCUT2D eigenvalue weighted by Gasteiger charge is 2.34. The zero-order chi connectivity index (χ0) is 30.3. The van der Waals surface area contributed by atoms with E-state index in [-0.39, 0.29) is 29.1 Å². The number of nitrogens with zero attached hydrogens (tertiary/aromatic N) is 2. The van der Waals surface area contributed by atoms with E-state index in [1.54, 1.807) is 42.5 Å². The van der Waals surface area contributed by atoms with Crippen LogP contribution in [0.25, 0.3) is 0 Å². The molecule has 1 aliphatic rings. The number of carbonyl (C=O) groups excluding carboxylic acids is 2. The molecule has 1 fully saturated rings. The van der Waals surface area contributed by atoms with Gasteiger partial charge in [-0.1, -0.05) is 79.2 Å². The van der Waals surface area contributed by atoms with E-state index in [0.717, 1.165) is 42.0 Å². The first-order chi connectivity index (χ1) is 20.1. The second kappa shape index (κ2) is 14.6. The Balaban J connectivity index is 1.70. The van der Waals surface area contributed by atoms with E-state index >= 15 is 0 Å². The minimum atomic E-state index is -4.22. The van der Waals surface area contributed by atoms with Crippen LogP contribution in [0, 0.1) is 0 Å². The third kappa shape index (κ3) is 8.19. The Hall–Kier alpha value is -2.78. The highest BCUT2D eigenvalue weighted by atomic mass is 35.5. The molecule has 224 valence electrons. The molecule has 42 heavy (non-hydrogen) atoms. The molecule has 4 rings (SSSR count). The predicted octanol–water partition coefficient (Wildman–Crippen LogP) is 7.10. The van der Waals surface area contributed by atoms with E-state index in [0.29, 0.717) is 21.5 Å². The molecule has 0 radical (unpaired) electrons. The normalized spacial score (nSPS) is 14.7. The average Bonchev–Trinajstić information content (AvgIpc) is 2.97. The van der Waals surface area contributed by atoms with Crippen LogP contribution in [0.2, 0.25) is 15.1 Å². The lowest BCUT2D eigenvalue weighted by Crippen LogP contribution is -2.54. The monoisotopic (exact) mass is 649 g/mol. The lowest BCUT2D eigenvalue weighted by atomic mass is 9.95. The van der Waals surface area contributed by atoms with Crippen LogP contribution >= 0.6 is 34.8 Å². The highest BCUT2D eigenvalue weighted by molar-refractivity contribution is 7.92. The second-order valence-electron chi connectivity index (χ2n) is 10.4. The van der Waals surface area contributed by atoms with Crippen LogP contribution in [-0.2, 0) is 26.2 Å². The number of sulfonamides is 1. The molecule has 0 spiro atoms. The fraction of sp³-hybridized carbons (Fsp3) is 0.355. The summed E-state index contributed by atoms with van der Waals surface area (Å²) < 4.78 is 28.9. The van der Waals surface area contributed by atoms with E-state index < -0.39 is 28.5 Å². The molecule has 0 aliphatic heterocycles. The van der Waals surface area contributed by atoms with Crippen LogP contribution in [0.1, 0.15) is 51.0 Å². The summed E-state index contributed by atoms with van der Waals surface area (Å²) in [4.78, 5) is 29.2. The Morgan fingerprint density at radius 1 is 0.881 bits per heavy atom. The van der Waals surface area contributed by atoms with Gasteiger partial charge in [-0.2, -0.15) is 0 Å². The van der Waals surface area contributed by atoms with Crippen LogP contribution in [-0.4, -0.2) is 43.8 Å². The van der Waals surface area contributed by atoms with E-state index in [9.17, 15) is 18.0 Å². The molecule has 0 saturated heterocycles. The molecule has 11 heteroatoms. The second-order valence-corrected chi connectivity index (χ2v) is 13.5. The maximum atomic E-state index is 14.2. The lowest BCUT2D eigenvalue weighted by molar-refractivity contribution is -0.140. The fourth-order valence-corrected chi connectivity index (χ4v) is 6.99. The van der Waals surface area contributed by atoms with Gasteiger partial charge >= 0.3 is 0 Å². The largest absolute Gasteiger partial charge is 0.352 e. The molecule has 7 nitrogen and oxygen atoms in total. The van der Waals surface area contributed by atoms with E-state index in [4.69, 9.17) is 34.8 Å². The molecule has 0 unspecified atom stereocenters. The summed E-state index contributed by atoms with van der Waals surface area (Å²) in [6.07, 6.45) is 5.38. The minimum Gasteiger partial charge on any atom is -0.352 e. The Kier molecular flexibility index (Phi) is 11.2. The Bertz CT molecular complexity index is 1480. The summed E-state index contributed by atoms with van der Waals surface area (Å²) in [5, 5.41) is 4.37. The van der Waals surface area contributed by atoms with Crippen LogP contribution in [0.15, 0.2) is 77.7 Å². The summed E-state index contributed by atoms with van der Waals surface area (Å²) in [6, 6.07) is 18.3. The quantitative estimate of drug-likeness (QED) is 0.240. The standard InChI is InChI=1S/C31H34Cl3N3O4S/c1-2-29(31(39)35-26-8-4-3-5-9-26)36(20-22-11-13-23(32)14-12-22)30(38)21-37(27-10-6-7-25(34)19-27)42(40,41)28-17-15-24(33)16-18-28/h6-7,10-19,26,29H,2-5,8-9,20-21H2,1H3,(H,35,39)/t29-/m1/s1. The first kappa shape index (κ1) is 32.1. The number of rotatable bonds is 11. The van der Waals surface area contributed by atoms with Crippen molar-refractivity contribution in [1.82, 2.24) is 10.2 Å². The summed E-state index contributed by atoms with van der Waals surface area (Å²) in [5.74, 6) is -0.783. The maximum Gasteiger partial charge on any atom is 0.264 e. The Morgan fingerprint density at radius 2 is 1.50 bits per heavy atom. The first-order valence-corrected chi connectivity index (χ1v) is 16.5. The van der Waals surface area contributed by atoms with Crippen LogP contribution in [0.4, 0.5) is 5.69 Å². The summed E-state index contributed by atoms with van der Waals surface area (Å²) in [5.41, 5.74) is 0.975. The Labute approximate surface area is 262 Å². The topological polar surface area (TPSA) is 86.8 Å². The van der Waals surface area contributed by atoms with Crippen molar-refractivity contribution in [2.24, 2.45) is 0 Å². The molecule has 3 aromatic rings. The van der Waals surface area contributed by atoms with Crippen molar-refractivity contribution in [1.29, 1.82) is 0 Å². The van der Waals surface area contributed by atoms with Crippen molar-refractivity contribution in [3.63, 3.8) is 0 Å². The van der Waals surface area contributed by atoms with Gasteiger partial charge in [0.1, 0.15) is 12.6 Å². The number of anilines is 1. The SMILES string of the molecule is CC[C@H](C(=O)NC1CCCCC1)N(Cc1ccc(Cl)cc1)C(=O)CN(c1cccc(Cl)c1)S(=O)(=O)c1ccc(Cl)cc1. The van der Waals surface area contributed by atoms with Crippen molar-refractivity contribution in [3.05, 3.63) is 93.4 Å². The fourth-order valence-electron chi connectivity index (χ4n) is 5.14. The smallest absolute Gasteiger partial charge is 0.264 e. The van der Waals surface area contributed by atoms with Gasteiger partial charge in [0.05, 0.1) is 10.6 Å². The van der Waals surface area contributed by atoms with Crippen molar-refractivity contribution in [2.45, 2.75) is 69.0 Å². The van der Waals surface area contributed by atoms with Crippen LogP contribution in [0.3, 0.4) is 0 Å². The molecule has 1 aliphatic carbocycles. The van der Waals surface area contributed by atoms with Crippen molar-refractivity contribution in [3.8, 4) is 0 Å². The van der Waals surface area contributed by atoms with Gasteiger partial charge in [-0.05, 0) is 79.4 Å². The van der Waals surface area contributed by atoms with E-state index in [1.165, 1.54) is 35.2 Å². The molecular weight excluding hydrogens is 617 g/mol. The van der Waals surface area contributed by atoms with Gasteiger partial charge in [0.15, 0.2) is 0 Å². The third-order valence-electron chi connectivity index (χ3n) is 7.38. The molecule has 1 atom stereocenters. The van der Waals surface area contributed by atoms with Crippen molar-refractivity contribution < 1.29 is 18.0 Å². The van der Waals surface area contributed by atoms with Crippen LogP contribution < -0.4 is 9.62 Å².